The van der Waals surface area contributed by atoms with E-state index in [-0.39, 0.29) is 24.8 Å². The van der Waals surface area contributed by atoms with Crippen LogP contribution in [0.4, 0.5) is 11.9 Å². The van der Waals surface area contributed by atoms with Crippen LogP contribution in [0.2, 0.25) is 0 Å². The van der Waals surface area contributed by atoms with Gasteiger partial charge in [-0.2, -0.15) is 4.98 Å². The fourth-order valence-electron chi connectivity index (χ4n) is 5.19. The number of aromatic nitrogens is 4. The highest BCUT2D eigenvalue weighted by atomic mass is 35.5. The van der Waals surface area contributed by atoms with Crippen LogP contribution in [0.3, 0.4) is 0 Å². The fraction of sp³-hybridized carbons (Fsp3) is 0.560. The summed E-state index contributed by atoms with van der Waals surface area (Å²) < 4.78 is 13.1. The Hall–Kier alpha value is -2.49. The van der Waals surface area contributed by atoms with E-state index in [0.29, 0.717) is 30.6 Å². The van der Waals surface area contributed by atoms with Crippen molar-refractivity contribution >= 4 is 47.9 Å². The fourth-order valence-corrected chi connectivity index (χ4v) is 5.19. The number of nitrogens with two attached hydrogens (primary N) is 1. The predicted octanol–water partition coefficient (Wildman–Crippen LogP) is 5.10. The van der Waals surface area contributed by atoms with Gasteiger partial charge in [-0.15, -0.1) is 24.8 Å². The predicted molar refractivity (Wildman–Crippen MR) is 148 cm³/mol. The quantitative estimate of drug-likeness (QED) is 0.364. The first kappa shape index (κ1) is 28.1. The standard InChI is InChI=1S/C25H35N7O2.2ClH/c1-33-20-11-16(12-21(13-20)34-2)14-28-25-30-22-15-27-24(29-18-9-7-17(26)8-10-18)31-23(22)32(25)19-5-3-4-6-19;;/h11-13,15,17-19H,3-10,14,26H2,1-2H3,(H,28,30)(H,27,29,31);2*1H. The van der Waals surface area contributed by atoms with Gasteiger partial charge in [-0.05, 0) is 56.2 Å². The molecule has 0 radical (unpaired) electrons. The van der Waals surface area contributed by atoms with Crippen LogP contribution in [-0.4, -0.2) is 45.8 Å². The van der Waals surface area contributed by atoms with Gasteiger partial charge in [0.05, 0.1) is 20.4 Å². The van der Waals surface area contributed by atoms with Gasteiger partial charge in [0.25, 0.3) is 0 Å². The summed E-state index contributed by atoms with van der Waals surface area (Å²) >= 11 is 0. The first-order valence-corrected chi connectivity index (χ1v) is 12.4. The second-order valence-corrected chi connectivity index (χ2v) is 9.48. The molecule has 9 nitrogen and oxygen atoms in total. The summed E-state index contributed by atoms with van der Waals surface area (Å²) in [7, 11) is 3.33. The Bertz CT molecular complexity index is 1110. The van der Waals surface area contributed by atoms with E-state index >= 15 is 0 Å². The molecule has 0 saturated heterocycles. The molecule has 1 aromatic carbocycles. The molecular formula is C25H37Cl2N7O2. The summed E-state index contributed by atoms with van der Waals surface area (Å²) in [6, 6.07) is 6.99. The van der Waals surface area contributed by atoms with Gasteiger partial charge in [-0.1, -0.05) is 12.8 Å². The van der Waals surface area contributed by atoms with Gasteiger partial charge in [-0.3, -0.25) is 4.57 Å². The van der Waals surface area contributed by atoms with Crippen LogP contribution < -0.4 is 25.8 Å². The third kappa shape index (κ3) is 6.25. The van der Waals surface area contributed by atoms with E-state index in [0.717, 1.165) is 72.7 Å². The molecule has 0 unspecified atom stereocenters. The molecule has 2 heterocycles. The normalized spacial score (nSPS) is 19.9. The number of nitrogens with zero attached hydrogens (tertiary/aromatic N) is 4. The zero-order valence-electron chi connectivity index (χ0n) is 20.9. The van der Waals surface area contributed by atoms with Gasteiger partial charge in [0.15, 0.2) is 5.65 Å². The van der Waals surface area contributed by atoms with E-state index in [4.69, 9.17) is 25.2 Å². The Morgan fingerprint density at radius 2 is 1.61 bits per heavy atom. The Balaban J connectivity index is 0.00000180. The van der Waals surface area contributed by atoms with Crippen LogP contribution in [0.1, 0.15) is 63.0 Å². The molecule has 36 heavy (non-hydrogen) atoms. The molecule has 3 aromatic rings. The summed E-state index contributed by atoms with van der Waals surface area (Å²) in [4.78, 5) is 14.4. The Morgan fingerprint density at radius 3 is 2.25 bits per heavy atom. The van der Waals surface area contributed by atoms with Crippen molar-refractivity contribution in [2.24, 2.45) is 5.73 Å². The van der Waals surface area contributed by atoms with Crippen molar-refractivity contribution in [2.75, 3.05) is 24.9 Å². The van der Waals surface area contributed by atoms with Gasteiger partial charge in [0, 0.05) is 30.7 Å². The molecule has 2 aromatic heterocycles. The highest BCUT2D eigenvalue weighted by Gasteiger charge is 2.25. The summed E-state index contributed by atoms with van der Waals surface area (Å²) in [5.74, 6) is 3.05. The monoisotopic (exact) mass is 537 g/mol. The summed E-state index contributed by atoms with van der Waals surface area (Å²) in [5, 5.41) is 7.08. The number of anilines is 2. The van der Waals surface area contributed by atoms with Crippen LogP contribution in [0.15, 0.2) is 24.4 Å². The maximum atomic E-state index is 6.07. The minimum absolute atomic E-state index is 0. The smallest absolute Gasteiger partial charge is 0.224 e. The lowest BCUT2D eigenvalue weighted by Gasteiger charge is -2.26. The number of hydrogen-bond donors (Lipinski definition) is 3. The van der Waals surface area contributed by atoms with E-state index < -0.39 is 0 Å². The number of nitrogens with one attached hydrogen (secondary N) is 2. The zero-order valence-corrected chi connectivity index (χ0v) is 22.5. The lowest BCUT2D eigenvalue weighted by atomic mass is 9.92. The third-order valence-corrected chi connectivity index (χ3v) is 7.09. The second-order valence-electron chi connectivity index (χ2n) is 9.48. The van der Waals surface area contributed by atoms with Crippen LogP contribution >= 0.6 is 24.8 Å². The van der Waals surface area contributed by atoms with Gasteiger partial charge < -0.3 is 25.8 Å². The molecule has 4 N–H and O–H groups in total. The number of halogens is 2. The minimum atomic E-state index is 0. The molecule has 0 bridgehead atoms. The largest absolute Gasteiger partial charge is 0.497 e. The molecule has 2 fully saturated rings. The Kier molecular flexibility index (Phi) is 9.87. The van der Waals surface area contributed by atoms with Crippen molar-refractivity contribution in [2.45, 2.75) is 76.0 Å². The third-order valence-electron chi connectivity index (χ3n) is 7.09. The summed E-state index contributed by atoms with van der Waals surface area (Å²) in [5.41, 5.74) is 8.83. The topological polar surface area (TPSA) is 112 Å². The molecule has 198 valence electrons. The number of benzene rings is 1. The molecule has 0 atom stereocenters. The van der Waals surface area contributed by atoms with Crippen molar-refractivity contribution in [3.8, 4) is 11.5 Å². The Morgan fingerprint density at radius 1 is 0.944 bits per heavy atom. The maximum Gasteiger partial charge on any atom is 0.224 e. The van der Waals surface area contributed by atoms with Crippen molar-refractivity contribution in [1.82, 2.24) is 19.5 Å². The highest BCUT2D eigenvalue weighted by Crippen LogP contribution is 2.35. The van der Waals surface area contributed by atoms with Crippen LogP contribution in [0, 0.1) is 0 Å². The maximum absolute atomic E-state index is 6.07. The summed E-state index contributed by atoms with van der Waals surface area (Å²) in [6.45, 7) is 0.602. The number of rotatable bonds is 8. The van der Waals surface area contributed by atoms with E-state index in [1.807, 2.05) is 24.4 Å². The average molecular weight is 539 g/mol. The van der Waals surface area contributed by atoms with Crippen molar-refractivity contribution < 1.29 is 9.47 Å². The number of methoxy groups -OCH3 is 2. The highest BCUT2D eigenvalue weighted by molar-refractivity contribution is 5.85. The molecule has 5 rings (SSSR count). The number of ether oxygens (including phenoxy) is 2. The molecule has 0 amide bonds. The van der Waals surface area contributed by atoms with Crippen molar-refractivity contribution in [3.63, 3.8) is 0 Å². The lowest BCUT2D eigenvalue weighted by Crippen LogP contribution is -2.33. The van der Waals surface area contributed by atoms with E-state index in [9.17, 15) is 0 Å². The molecule has 0 aliphatic heterocycles. The first-order valence-electron chi connectivity index (χ1n) is 12.4. The molecule has 2 aliphatic carbocycles. The van der Waals surface area contributed by atoms with Gasteiger partial charge in [0.2, 0.25) is 11.9 Å². The molecular weight excluding hydrogens is 501 g/mol. The van der Waals surface area contributed by atoms with E-state index in [2.05, 4.69) is 20.2 Å². The second kappa shape index (κ2) is 12.7. The molecule has 2 aliphatic rings. The van der Waals surface area contributed by atoms with Gasteiger partial charge in [-0.25, -0.2) is 9.97 Å². The van der Waals surface area contributed by atoms with Crippen molar-refractivity contribution in [3.05, 3.63) is 30.0 Å². The molecule has 2 saturated carbocycles. The lowest BCUT2D eigenvalue weighted by molar-refractivity contribution is 0.393. The first-order chi connectivity index (χ1) is 16.6. The van der Waals surface area contributed by atoms with Gasteiger partial charge in [0.1, 0.15) is 17.0 Å². The zero-order chi connectivity index (χ0) is 23.5. The van der Waals surface area contributed by atoms with Crippen LogP contribution in [0.5, 0.6) is 11.5 Å². The van der Waals surface area contributed by atoms with Crippen LogP contribution in [0.25, 0.3) is 11.2 Å². The minimum Gasteiger partial charge on any atom is -0.497 e. The SMILES string of the molecule is COc1cc(CNc2nc3cnc(NC4CCC(N)CC4)nc3n2C2CCCC2)cc(OC)c1.Cl.Cl. The Labute approximate surface area is 224 Å². The number of hydrogen-bond acceptors (Lipinski definition) is 8. The van der Waals surface area contributed by atoms with Gasteiger partial charge >= 0.3 is 0 Å². The average Bonchev–Trinajstić information content (AvgIpc) is 3.51. The van der Waals surface area contributed by atoms with Crippen molar-refractivity contribution in [1.29, 1.82) is 0 Å². The van der Waals surface area contributed by atoms with E-state index in [1.165, 1.54) is 12.8 Å². The molecule has 11 heteroatoms. The number of imidazole rings is 1. The number of fused-ring (bicyclic) bond motifs is 1. The molecule has 0 spiro atoms. The van der Waals surface area contributed by atoms with E-state index in [1.54, 1.807) is 14.2 Å². The van der Waals surface area contributed by atoms with Crippen LogP contribution in [-0.2, 0) is 6.54 Å². The summed E-state index contributed by atoms with van der Waals surface area (Å²) in [6.07, 6.45) is 10.8.